The Morgan fingerprint density at radius 3 is 2.37 bits per heavy atom. The lowest BCUT2D eigenvalue weighted by atomic mass is 10.1. The van der Waals surface area contributed by atoms with Crippen LogP contribution in [0, 0.1) is 0 Å². The topological polar surface area (TPSA) is 52.6 Å². The first-order valence-electron chi connectivity index (χ1n) is 8.82. The summed E-state index contributed by atoms with van der Waals surface area (Å²) in [5.41, 5.74) is 5.24. The van der Waals surface area contributed by atoms with E-state index in [1.807, 2.05) is 30.3 Å². The van der Waals surface area contributed by atoms with Gasteiger partial charge in [0.1, 0.15) is 0 Å². The van der Waals surface area contributed by atoms with Crippen molar-refractivity contribution in [1.29, 1.82) is 0 Å². The summed E-state index contributed by atoms with van der Waals surface area (Å²) in [6.07, 6.45) is 3.10. The minimum Gasteiger partial charge on any atom is -0.493 e. The van der Waals surface area contributed by atoms with E-state index in [4.69, 9.17) is 30.8 Å². The molecule has 0 saturated carbocycles. The lowest BCUT2D eigenvalue weighted by Crippen LogP contribution is -2.02. The van der Waals surface area contributed by atoms with Gasteiger partial charge in [-0.2, -0.15) is 0 Å². The van der Waals surface area contributed by atoms with Crippen molar-refractivity contribution in [3.63, 3.8) is 0 Å². The molecule has 1 N–H and O–H groups in total. The van der Waals surface area contributed by atoms with Crippen LogP contribution in [-0.2, 0) is 12.8 Å². The van der Waals surface area contributed by atoms with Crippen LogP contribution in [0.4, 0.5) is 11.4 Å². The number of aryl methyl sites for hydroxylation is 1. The highest BCUT2D eigenvalue weighted by atomic mass is 35.5. The number of benzene rings is 2. The molecular formula is C21H21ClN2O3. The normalized spacial score (nSPS) is 12.7. The summed E-state index contributed by atoms with van der Waals surface area (Å²) in [5.74, 6) is 1.78. The second-order valence-corrected chi connectivity index (χ2v) is 6.90. The molecule has 1 aliphatic carbocycles. The fourth-order valence-electron chi connectivity index (χ4n) is 3.67. The predicted octanol–water partition coefficient (Wildman–Crippen LogP) is 5.15. The van der Waals surface area contributed by atoms with E-state index in [1.54, 1.807) is 21.3 Å². The van der Waals surface area contributed by atoms with Crippen molar-refractivity contribution < 1.29 is 14.2 Å². The molecule has 4 rings (SSSR count). The zero-order chi connectivity index (χ0) is 19.0. The third-order valence-electron chi connectivity index (χ3n) is 4.91. The standard InChI is InChI=1S/C21H21ClN2O3/c1-25-18-10-13(11-19(26-2)21(18)27-3)23-20-14-5-4-6-16(14)24-17-8-7-12(22)9-15(17)20/h7-11H,4-6H2,1-3H3,(H,23,24). The predicted molar refractivity (Wildman–Crippen MR) is 108 cm³/mol. The molecule has 0 saturated heterocycles. The number of aromatic nitrogens is 1. The molecule has 0 atom stereocenters. The Balaban J connectivity index is 1.88. The van der Waals surface area contributed by atoms with Gasteiger partial charge in [-0.1, -0.05) is 11.6 Å². The van der Waals surface area contributed by atoms with Crippen LogP contribution in [0.15, 0.2) is 30.3 Å². The number of hydrogen-bond donors (Lipinski definition) is 1. The molecule has 140 valence electrons. The highest BCUT2D eigenvalue weighted by Crippen LogP contribution is 2.42. The summed E-state index contributed by atoms with van der Waals surface area (Å²) in [6.45, 7) is 0. The van der Waals surface area contributed by atoms with Crippen molar-refractivity contribution in [2.45, 2.75) is 19.3 Å². The highest BCUT2D eigenvalue weighted by Gasteiger charge is 2.21. The van der Waals surface area contributed by atoms with E-state index in [-0.39, 0.29) is 0 Å². The average molecular weight is 385 g/mol. The van der Waals surface area contributed by atoms with Gasteiger partial charge in [0.2, 0.25) is 5.75 Å². The number of anilines is 2. The fourth-order valence-corrected chi connectivity index (χ4v) is 3.85. The van der Waals surface area contributed by atoms with E-state index in [9.17, 15) is 0 Å². The van der Waals surface area contributed by atoms with Gasteiger partial charge in [-0.05, 0) is 43.0 Å². The van der Waals surface area contributed by atoms with Gasteiger partial charge in [-0.25, -0.2) is 0 Å². The van der Waals surface area contributed by atoms with Gasteiger partial charge in [-0.15, -0.1) is 0 Å². The molecule has 0 spiro atoms. The molecule has 6 heteroatoms. The van der Waals surface area contributed by atoms with Gasteiger partial charge in [0.25, 0.3) is 0 Å². The van der Waals surface area contributed by atoms with E-state index in [0.717, 1.165) is 47.2 Å². The van der Waals surface area contributed by atoms with Gasteiger partial charge in [0.05, 0.1) is 32.5 Å². The molecule has 3 aromatic rings. The van der Waals surface area contributed by atoms with Crippen molar-refractivity contribution in [2.75, 3.05) is 26.6 Å². The lowest BCUT2D eigenvalue weighted by molar-refractivity contribution is 0.324. The summed E-state index contributed by atoms with van der Waals surface area (Å²) in [5, 5.41) is 5.26. The van der Waals surface area contributed by atoms with Crippen LogP contribution in [0.5, 0.6) is 17.2 Å². The zero-order valence-electron chi connectivity index (χ0n) is 15.6. The van der Waals surface area contributed by atoms with Crippen LogP contribution in [0.25, 0.3) is 10.9 Å². The average Bonchev–Trinajstić information content (AvgIpc) is 3.15. The van der Waals surface area contributed by atoms with Gasteiger partial charge < -0.3 is 19.5 Å². The zero-order valence-corrected chi connectivity index (χ0v) is 16.3. The van der Waals surface area contributed by atoms with Crippen LogP contribution in [0.2, 0.25) is 5.02 Å². The SMILES string of the molecule is COc1cc(Nc2c3c(nc4ccc(Cl)cc24)CCC3)cc(OC)c1OC. The number of methoxy groups -OCH3 is 3. The molecule has 2 aromatic carbocycles. The molecule has 1 aromatic heterocycles. The number of pyridine rings is 1. The summed E-state index contributed by atoms with van der Waals surface area (Å²) in [7, 11) is 4.82. The number of nitrogens with one attached hydrogen (secondary N) is 1. The summed E-state index contributed by atoms with van der Waals surface area (Å²) in [6, 6.07) is 9.61. The minimum atomic E-state index is 0.568. The van der Waals surface area contributed by atoms with Gasteiger partial charge in [-0.3, -0.25) is 4.98 Å². The molecule has 27 heavy (non-hydrogen) atoms. The number of halogens is 1. The Morgan fingerprint density at radius 1 is 0.963 bits per heavy atom. The first-order valence-corrected chi connectivity index (χ1v) is 9.20. The Hall–Kier alpha value is -2.66. The van der Waals surface area contributed by atoms with Crippen molar-refractivity contribution >= 4 is 33.9 Å². The Bertz CT molecular complexity index is 995. The molecule has 0 amide bonds. The summed E-state index contributed by atoms with van der Waals surface area (Å²) >= 11 is 6.27. The van der Waals surface area contributed by atoms with E-state index in [1.165, 1.54) is 5.56 Å². The molecule has 1 heterocycles. The van der Waals surface area contributed by atoms with Crippen LogP contribution < -0.4 is 19.5 Å². The monoisotopic (exact) mass is 384 g/mol. The maximum Gasteiger partial charge on any atom is 0.203 e. The van der Waals surface area contributed by atoms with E-state index < -0.39 is 0 Å². The first kappa shape index (κ1) is 17.7. The van der Waals surface area contributed by atoms with E-state index in [0.29, 0.717) is 22.3 Å². The molecule has 0 aliphatic heterocycles. The first-order chi connectivity index (χ1) is 13.1. The lowest BCUT2D eigenvalue weighted by Gasteiger charge is -2.18. The van der Waals surface area contributed by atoms with Crippen molar-refractivity contribution in [3.05, 3.63) is 46.6 Å². The molecule has 0 bridgehead atoms. The molecular weight excluding hydrogens is 364 g/mol. The van der Waals surface area contributed by atoms with E-state index >= 15 is 0 Å². The minimum absolute atomic E-state index is 0.568. The van der Waals surface area contributed by atoms with Crippen LogP contribution in [0.1, 0.15) is 17.7 Å². The fraction of sp³-hybridized carbons (Fsp3) is 0.286. The van der Waals surface area contributed by atoms with Crippen molar-refractivity contribution in [2.24, 2.45) is 0 Å². The molecule has 5 nitrogen and oxygen atoms in total. The number of ether oxygens (including phenoxy) is 3. The molecule has 1 aliphatic rings. The quantitative estimate of drug-likeness (QED) is 0.659. The van der Waals surface area contributed by atoms with Crippen LogP contribution in [0.3, 0.4) is 0 Å². The second kappa shape index (κ2) is 7.16. The second-order valence-electron chi connectivity index (χ2n) is 6.47. The van der Waals surface area contributed by atoms with Crippen molar-refractivity contribution in [3.8, 4) is 17.2 Å². The highest BCUT2D eigenvalue weighted by molar-refractivity contribution is 6.31. The Labute approximate surface area is 163 Å². The Kier molecular flexibility index (Phi) is 4.70. The van der Waals surface area contributed by atoms with Crippen LogP contribution >= 0.6 is 11.6 Å². The molecule has 0 fully saturated rings. The summed E-state index contributed by atoms with van der Waals surface area (Å²) < 4.78 is 16.4. The third-order valence-corrected chi connectivity index (χ3v) is 5.14. The van der Waals surface area contributed by atoms with Crippen LogP contribution in [-0.4, -0.2) is 26.3 Å². The van der Waals surface area contributed by atoms with Gasteiger partial charge in [0.15, 0.2) is 11.5 Å². The van der Waals surface area contributed by atoms with Gasteiger partial charge >= 0.3 is 0 Å². The summed E-state index contributed by atoms with van der Waals surface area (Å²) in [4.78, 5) is 4.83. The number of hydrogen-bond acceptors (Lipinski definition) is 5. The van der Waals surface area contributed by atoms with Crippen molar-refractivity contribution in [1.82, 2.24) is 4.98 Å². The molecule has 0 unspecified atom stereocenters. The maximum absolute atomic E-state index is 6.27. The number of nitrogens with zero attached hydrogens (tertiary/aromatic N) is 1. The third kappa shape index (κ3) is 3.12. The molecule has 0 radical (unpaired) electrons. The Morgan fingerprint density at radius 2 is 1.70 bits per heavy atom. The smallest absolute Gasteiger partial charge is 0.203 e. The maximum atomic E-state index is 6.27. The number of rotatable bonds is 5. The largest absolute Gasteiger partial charge is 0.493 e. The van der Waals surface area contributed by atoms with Gasteiger partial charge in [0, 0.05) is 33.9 Å². The number of fused-ring (bicyclic) bond motifs is 2. The van der Waals surface area contributed by atoms with E-state index in [2.05, 4.69) is 5.32 Å².